The zero-order chi connectivity index (χ0) is 12.0. The van der Waals surface area contributed by atoms with Crippen LogP contribution in [0, 0.1) is 0 Å². The molecule has 1 unspecified atom stereocenters. The maximum Gasteiger partial charge on any atom is 0.312 e. The van der Waals surface area contributed by atoms with Crippen molar-refractivity contribution in [2.75, 3.05) is 13.1 Å². The summed E-state index contributed by atoms with van der Waals surface area (Å²) in [5.74, 6) is -0.909. The van der Waals surface area contributed by atoms with Crippen molar-refractivity contribution >= 4 is 11.8 Å². The summed E-state index contributed by atoms with van der Waals surface area (Å²) < 4.78 is 0. The van der Waals surface area contributed by atoms with E-state index >= 15 is 0 Å². The molecule has 0 saturated carbocycles. The molecule has 4 nitrogen and oxygen atoms in total. The first kappa shape index (κ1) is 12.7. The Balaban J connectivity index is 2.56. The molecule has 1 saturated heterocycles. The van der Waals surface area contributed by atoms with E-state index in [1.165, 1.54) is 0 Å². The molecule has 0 spiro atoms. The molecule has 4 heteroatoms. The van der Waals surface area contributed by atoms with Gasteiger partial charge in [-0.05, 0) is 25.7 Å². The van der Waals surface area contributed by atoms with Gasteiger partial charge in [-0.25, -0.2) is 0 Å². The molecule has 16 heavy (non-hydrogen) atoms. The van der Waals surface area contributed by atoms with Crippen LogP contribution in [0.4, 0.5) is 0 Å². The van der Waals surface area contributed by atoms with E-state index in [1.807, 2.05) is 0 Å². The van der Waals surface area contributed by atoms with Crippen molar-refractivity contribution < 1.29 is 9.59 Å². The summed E-state index contributed by atoms with van der Waals surface area (Å²) in [5.41, 5.74) is 0. The van der Waals surface area contributed by atoms with Crippen molar-refractivity contribution in [2.24, 2.45) is 0 Å². The Labute approximate surface area is 96.7 Å². The first-order chi connectivity index (χ1) is 7.70. The lowest BCUT2D eigenvalue weighted by molar-refractivity contribution is -0.148. The molecule has 1 rings (SSSR count). The molecular formula is C12H20N2O2. The Hall–Kier alpha value is -1.32. The van der Waals surface area contributed by atoms with Gasteiger partial charge in [-0.1, -0.05) is 13.0 Å². The SMILES string of the molecule is C=CCNC(=O)C(=O)N1CCCCC1CC. The van der Waals surface area contributed by atoms with Gasteiger partial charge in [-0.3, -0.25) is 9.59 Å². The molecular weight excluding hydrogens is 204 g/mol. The van der Waals surface area contributed by atoms with E-state index in [-0.39, 0.29) is 6.04 Å². The summed E-state index contributed by atoms with van der Waals surface area (Å²) in [6.07, 6.45) is 5.64. The first-order valence-corrected chi connectivity index (χ1v) is 5.90. The van der Waals surface area contributed by atoms with Gasteiger partial charge in [0.05, 0.1) is 0 Å². The second-order valence-corrected chi connectivity index (χ2v) is 4.06. The predicted molar refractivity (Wildman–Crippen MR) is 62.8 cm³/mol. The van der Waals surface area contributed by atoms with Crippen molar-refractivity contribution in [3.05, 3.63) is 12.7 Å². The number of carbonyl (C=O) groups is 2. The second kappa shape index (κ2) is 6.30. The van der Waals surface area contributed by atoms with Crippen LogP contribution < -0.4 is 5.32 Å². The number of nitrogens with zero attached hydrogens (tertiary/aromatic N) is 1. The molecule has 1 N–H and O–H groups in total. The van der Waals surface area contributed by atoms with E-state index < -0.39 is 11.8 Å². The molecule has 0 bridgehead atoms. The fraction of sp³-hybridized carbons (Fsp3) is 0.667. The third-order valence-electron chi connectivity index (χ3n) is 2.96. The monoisotopic (exact) mass is 224 g/mol. The van der Waals surface area contributed by atoms with Crippen LogP contribution in [0.25, 0.3) is 0 Å². The van der Waals surface area contributed by atoms with Gasteiger partial charge >= 0.3 is 11.8 Å². The molecule has 1 fully saturated rings. The van der Waals surface area contributed by atoms with E-state index in [1.54, 1.807) is 11.0 Å². The minimum atomic E-state index is -0.514. The van der Waals surface area contributed by atoms with E-state index in [2.05, 4.69) is 18.8 Å². The molecule has 1 aliphatic rings. The molecule has 1 heterocycles. The number of nitrogens with one attached hydrogen (secondary N) is 1. The zero-order valence-electron chi connectivity index (χ0n) is 9.87. The third-order valence-corrected chi connectivity index (χ3v) is 2.96. The molecule has 0 aromatic carbocycles. The molecule has 0 aromatic heterocycles. The van der Waals surface area contributed by atoms with Crippen molar-refractivity contribution in [3.8, 4) is 0 Å². The van der Waals surface area contributed by atoms with Gasteiger partial charge in [0.15, 0.2) is 0 Å². The van der Waals surface area contributed by atoms with Crippen LogP contribution in [0.15, 0.2) is 12.7 Å². The van der Waals surface area contributed by atoms with Gasteiger partial charge in [-0.2, -0.15) is 0 Å². The van der Waals surface area contributed by atoms with Crippen LogP contribution >= 0.6 is 0 Å². The average Bonchev–Trinajstić information content (AvgIpc) is 2.34. The highest BCUT2D eigenvalue weighted by Gasteiger charge is 2.29. The standard InChI is InChI=1S/C12H20N2O2/c1-3-8-13-11(15)12(16)14-9-6-5-7-10(14)4-2/h3,10H,1,4-9H2,2H3,(H,13,15). The summed E-state index contributed by atoms with van der Waals surface area (Å²) in [5, 5.41) is 2.53. The van der Waals surface area contributed by atoms with Gasteiger partial charge in [0.1, 0.15) is 0 Å². The van der Waals surface area contributed by atoms with Crippen LogP contribution in [0.5, 0.6) is 0 Å². The maximum atomic E-state index is 11.9. The van der Waals surface area contributed by atoms with Crippen LogP contribution in [-0.2, 0) is 9.59 Å². The molecule has 1 atom stereocenters. The normalized spacial score (nSPS) is 20.3. The van der Waals surface area contributed by atoms with Gasteiger partial charge in [0.25, 0.3) is 0 Å². The Morgan fingerprint density at radius 3 is 2.88 bits per heavy atom. The highest BCUT2D eigenvalue weighted by molar-refractivity contribution is 6.35. The van der Waals surface area contributed by atoms with Crippen molar-refractivity contribution in [3.63, 3.8) is 0 Å². The molecule has 1 aliphatic heterocycles. The molecule has 0 aliphatic carbocycles. The highest BCUT2D eigenvalue weighted by Crippen LogP contribution is 2.19. The van der Waals surface area contributed by atoms with Crippen LogP contribution in [0.3, 0.4) is 0 Å². The lowest BCUT2D eigenvalue weighted by Crippen LogP contribution is -2.49. The van der Waals surface area contributed by atoms with E-state index in [0.717, 1.165) is 25.7 Å². The van der Waals surface area contributed by atoms with E-state index in [9.17, 15) is 9.59 Å². The summed E-state index contributed by atoms with van der Waals surface area (Å²) in [6, 6.07) is 0.232. The van der Waals surface area contributed by atoms with E-state index in [4.69, 9.17) is 0 Å². The number of amides is 2. The molecule has 0 radical (unpaired) electrons. The minimum Gasteiger partial charge on any atom is -0.344 e. The third kappa shape index (κ3) is 3.08. The number of piperidine rings is 1. The van der Waals surface area contributed by atoms with Crippen LogP contribution in [-0.4, -0.2) is 35.8 Å². The second-order valence-electron chi connectivity index (χ2n) is 4.06. The summed E-state index contributed by atoms with van der Waals surface area (Å²) in [4.78, 5) is 25.1. The average molecular weight is 224 g/mol. The number of likely N-dealkylation sites (tertiary alicyclic amines) is 1. The molecule has 2 amide bonds. The van der Waals surface area contributed by atoms with Gasteiger partial charge < -0.3 is 10.2 Å². The fourth-order valence-electron chi connectivity index (χ4n) is 2.06. The Bertz CT molecular complexity index is 276. The van der Waals surface area contributed by atoms with Crippen molar-refractivity contribution in [1.29, 1.82) is 0 Å². The maximum absolute atomic E-state index is 11.9. The lowest BCUT2D eigenvalue weighted by Gasteiger charge is -2.34. The molecule has 90 valence electrons. The molecule has 0 aromatic rings. The fourth-order valence-corrected chi connectivity index (χ4v) is 2.06. The Morgan fingerprint density at radius 2 is 2.25 bits per heavy atom. The van der Waals surface area contributed by atoms with Gasteiger partial charge in [0.2, 0.25) is 0 Å². The topological polar surface area (TPSA) is 49.4 Å². The van der Waals surface area contributed by atoms with Crippen LogP contribution in [0.2, 0.25) is 0 Å². The van der Waals surface area contributed by atoms with Gasteiger partial charge in [0, 0.05) is 19.1 Å². The number of hydrogen-bond donors (Lipinski definition) is 1. The smallest absolute Gasteiger partial charge is 0.312 e. The van der Waals surface area contributed by atoms with E-state index in [0.29, 0.717) is 13.1 Å². The number of carbonyl (C=O) groups excluding carboxylic acids is 2. The predicted octanol–water partition coefficient (Wildman–Crippen LogP) is 1.08. The van der Waals surface area contributed by atoms with Crippen LogP contribution in [0.1, 0.15) is 32.6 Å². The Morgan fingerprint density at radius 1 is 1.50 bits per heavy atom. The summed E-state index contributed by atoms with van der Waals surface area (Å²) in [7, 11) is 0. The zero-order valence-corrected chi connectivity index (χ0v) is 9.87. The largest absolute Gasteiger partial charge is 0.344 e. The van der Waals surface area contributed by atoms with Gasteiger partial charge in [-0.15, -0.1) is 6.58 Å². The number of hydrogen-bond acceptors (Lipinski definition) is 2. The first-order valence-electron chi connectivity index (χ1n) is 5.90. The minimum absolute atomic E-state index is 0.232. The lowest BCUT2D eigenvalue weighted by atomic mass is 10.00. The summed E-state index contributed by atoms with van der Waals surface area (Å²) >= 11 is 0. The Kier molecular flexibility index (Phi) is 5.02. The quantitative estimate of drug-likeness (QED) is 0.576. The van der Waals surface area contributed by atoms with Crippen molar-refractivity contribution in [1.82, 2.24) is 10.2 Å². The highest BCUT2D eigenvalue weighted by atomic mass is 16.2. The summed E-state index contributed by atoms with van der Waals surface area (Å²) in [6.45, 7) is 6.60. The van der Waals surface area contributed by atoms with Crippen molar-refractivity contribution in [2.45, 2.75) is 38.6 Å². The number of rotatable bonds is 3.